The van der Waals surface area contributed by atoms with Crippen molar-refractivity contribution in [3.8, 4) is 0 Å². The molecule has 2 nitrogen and oxygen atoms in total. The van der Waals surface area contributed by atoms with Crippen LogP contribution in [-0.2, 0) is 9.59 Å². The second kappa shape index (κ2) is 4.32. The van der Waals surface area contributed by atoms with E-state index in [1.165, 1.54) is 24.8 Å². The van der Waals surface area contributed by atoms with E-state index in [-0.39, 0.29) is 17.1 Å². The number of carbonyl (C=O) groups excluding carboxylic acids is 2. The Labute approximate surface area is 110 Å². The zero-order valence-corrected chi connectivity index (χ0v) is 12.0. The molecule has 0 spiro atoms. The van der Waals surface area contributed by atoms with Gasteiger partial charge >= 0.3 is 0 Å². The van der Waals surface area contributed by atoms with Crippen molar-refractivity contribution >= 4 is 12.1 Å². The molecule has 0 aromatic carbocycles. The molecular formula is C16H24O2. The summed E-state index contributed by atoms with van der Waals surface area (Å²) in [5, 5.41) is 0. The van der Waals surface area contributed by atoms with Crippen molar-refractivity contribution in [3.63, 3.8) is 0 Å². The van der Waals surface area contributed by atoms with Crippen molar-refractivity contribution in [2.24, 2.45) is 16.7 Å². The maximum absolute atomic E-state index is 12.0. The first-order chi connectivity index (χ1) is 8.31. The van der Waals surface area contributed by atoms with Crippen LogP contribution in [0.4, 0.5) is 0 Å². The van der Waals surface area contributed by atoms with Gasteiger partial charge < -0.3 is 0 Å². The lowest BCUT2D eigenvalue weighted by Gasteiger charge is -2.46. The zero-order chi connectivity index (χ0) is 13.6. The molecule has 100 valence electrons. The van der Waals surface area contributed by atoms with Crippen LogP contribution in [0.25, 0.3) is 0 Å². The minimum absolute atomic E-state index is 0.206. The fraction of sp³-hybridized carbons (Fsp3) is 0.750. The number of hydrogen-bond acceptors (Lipinski definition) is 2. The van der Waals surface area contributed by atoms with E-state index in [2.05, 4.69) is 20.8 Å². The van der Waals surface area contributed by atoms with Gasteiger partial charge in [-0.2, -0.15) is 0 Å². The lowest BCUT2D eigenvalue weighted by atomic mass is 9.57. The number of hydrogen-bond donors (Lipinski definition) is 0. The van der Waals surface area contributed by atoms with Gasteiger partial charge in [-0.05, 0) is 43.4 Å². The molecule has 2 aliphatic rings. The van der Waals surface area contributed by atoms with Crippen molar-refractivity contribution in [3.05, 3.63) is 11.1 Å². The average molecular weight is 248 g/mol. The third kappa shape index (κ3) is 1.96. The number of ketones is 1. The fourth-order valence-corrected chi connectivity index (χ4v) is 3.71. The summed E-state index contributed by atoms with van der Waals surface area (Å²) in [4.78, 5) is 22.9. The minimum Gasteiger partial charge on any atom is -0.295 e. The molecule has 0 radical (unpaired) electrons. The molecule has 0 aromatic heterocycles. The quantitative estimate of drug-likeness (QED) is 0.424. The van der Waals surface area contributed by atoms with Gasteiger partial charge in [-0.25, -0.2) is 0 Å². The van der Waals surface area contributed by atoms with Crippen molar-refractivity contribution in [1.82, 2.24) is 0 Å². The van der Waals surface area contributed by atoms with E-state index in [1.807, 2.05) is 6.92 Å². The third-order valence-corrected chi connectivity index (χ3v) is 5.38. The van der Waals surface area contributed by atoms with E-state index in [4.69, 9.17) is 0 Å². The number of rotatable bonds is 2. The van der Waals surface area contributed by atoms with Crippen molar-refractivity contribution in [1.29, 1.82) is 0 Å². The van der Waals surface area contributed by atoms with Gasteiger partial charge in [0.05, 0.1) is 0 Å². The number of Topliss-reactive ketones (excluding diaryl/α,β-unsaturated/α-hetero) is 1. The largest absolute Gasteiger partial charge is 0.295 e. The van der Waals surface area contributed by atoms with Crippen LogP contribution in [0.1, 0.15) is 59.8 Å². The smallest absolute Gasteiger partial charge is 0.201 e. The Morgan fingerprint density at radius 2 is 2.00 bits per heavy atom. The molecule has 2 aliphatic carbocycles. The van der Waals surface area contributed by atoms with Crippen LogP contribution in [0.15, 0.2) is 11.1 Å². The molecule has 0 amide bonds. The van der Waals surface area contributed by atoms with Gasteiger partial charge in [-0.15, -0.1) is 0 Å². The van der Waals surface area contributed by atoms with Crippen molar-refractivity contribution in [2.75, 3.05) is 0 Å². The van der Waals surface area contributed by atoms with Crippen LogP contribution in [0, 0.1) is 16.7 Å². The number of allylic oxidation sites excluding steroid dienone is 2. The number of carbonyl (C=O) groups is 2. The predicted molar refractivity (Wildman–Crippen MR) is 72.2 cm³/mol. The lowest BCUT2D eigenvalue weighted by Crippen LogP contribution is -2.42. The molecule has 0 saturated heterocycles. The molecule has 0 saturated carbocycles. The van der Waals surface area contributed by atoms with Crippen molar-refractivity contribution < 1.29 is 9.59 Å². The Morgan fingerprint density at radius 1 is 1.33 bits per heavy atom. The molecule has 0 N–H and O–H groups in total. The summed E-state index contributed by atoms with van der Waals surface area (Å²) in [5.74, 6) is 0.0609. The first-order valence-corrected chi connectivity index (χ1v) is 7.02. The SMILES string of the molecule is CC1CC2=C(CC1(C)C(=O)C=O)C(C)(C)CCC2. The van der Waals surface area contributed by atoms with Crippen molar-refractivity contribution in [2.45, 2.75) is 59.8 Å². The first-order valence-electron chi connectivity index (χ1n) is 7.02. The van der Waals surface area contributed by atoms with Gasteiger partial charge in [0.25, 0.3) is 0 Å². The van der Waals surface area contributed by atoms with E-state index < -0.39 is 5.41 Å². The Hall–Kier alpha value is -0.920. The van der Waals surface area contributed by atoms with E-state index in [9.17, 15) is 9.59 Å². The molecule has 0 fully saturated rings. The van der Waals surface area contributed by atoms with Crippen LogP contribution < -0.4 is 0 Å². The van der Waals surface area contributed by atoms with Gasteiger partial charge in [-0.3, -0.25) is 9.59 Å². The Morgan fingerprint density at radius 3 is 2.61 bits per heavy atom. The van der Waals surface area contributed by atoms with Crippen LogP contribution in [-0.4, -0.2) is 12.1 Å². The molecular weight excluding hydrogens is 224 g/mol. The molecule has 0 aliphatic heterocycles. The van der Waals surface area contributed by atoms with Gasteiger partial charge in [0, 0.05) is 5.41 Å². The van der Waals surface area contributed by atoms with Crippen LogP contribution >= 0.6 is 0 Å². The molecule has 0 heterocycles. The molecule has 0 bridgehead atoms. The summed E-state index contributed by atoms with van der Waals surface area (Å²) < 4.78 is 0. The lowest BCUT2D eigenvalue weighted by molar-refractivity contribution is -0.138. The maximum Gasteiger partial charge on any atom is 0.201 e. The summed E-state index contributed by atoms with van der Waals surface area (Å²) >= 11 is 0. The second-order valence-electron chi connectivity index (χ2n) is 7.00. The fourth-order valence-electron chi connectivity index (χ4n) is 3.71. The molecule has 18 heavy (non-hydrogen) atoms. The molecule has 2 heteroatoms. The average Bonchev–Trinajstić information content (AvgIpc) is 2.30. The topological polar surface area (TPSA) is 34.1 Å². The summed E-state index contributed by atoms with van der Waals surface area (Å²) in [5.41, 5.74) is 2.76. The summed E-state index contributed by atoms with van der Waals surface area (Å²) in [6.07, 6.45) is 5.96. The Balaban J connectivity index is 2.41. The molecule has 0 aromatic rings. The van der Waals surface area contributed by atoms with Gasteiger partial charge in [0.2, 0.25) is 5.78 Å². The Kier molecular flexibility index (Phi) is 3.25. The van der Waals surface area contributed by atoms with Crippen LogP contribution in [0.2, 0.25) is 0 Å². The maximum atomic E-state index is 12.0. The van der Waals surface area contributed by atoms with Gasteiger partial charge in [0.1, 0.15) is 0 Å². The minimum atomic E-state index is -0.477. The van der Waals surface area contributed by atoms with Gasteiger partial charge in [-0.1, -0.05) is 38.8 Å². The van der Waals surface area contributed by atoms with E-state index in [0.717, 1.165) is 12.8 Å². The molecule has 2 rings (SSSR count). The summed E-state index contributed by atoms with van der Waals surface area (Å²) in [6, 6.07) is 0. The monoisotopic (exact) mass is 248 g/mol. The zero-order valence-electron chi connectivity index (χ0n) is 12.0. The van der Waals surface area contributed by atoms with E-state index >= 15 is 0 Å². The van der Waals surface area contributed by atoms with Gasteiger partial charge in [0.15, 0.2) is 6.29 Å². The molecule has 2 atom stereocenters. The number of aldehydes is 1. The predicted octanol–water partition coefficient (Wildman–Crippen LogP) is 3.70. The standard InChI is InChI=1S/C16H24O2/c1-11-8-12-6-5-7-15(2,3)13(12)9-16(11,4)14(18)10-17/h10-11H,5-9H2,1-4H3. The highest BCUT2D eigenvalue weighted by molar-refractivity contribution is 6.27. The third-order valence-electron chi connectivity index (χ3n) is 5.38. The molecule has 2 unspecified atom stereocenters. The highest BCUT2D eigenvalue weighted by atomic mass is 16.2. The van der Waals surface area contributed by atoms with Crippen LogP contribution in [0.5, 0.6) is 0 Å². The normalized spacial score (nSPS) is 35.0. The van der Waals surface area contributed by atoms with E-state index in [1.54, 1.807) is 5.57 Å². The first kappa shape index (κ1) is 13.5. The highest BCUT2D eigenvalue weighted by Crippen LogP contribution is 2.53. The Bertz CT molecular complexity index is 417. The second-order valence-corrected chi connectivity index (χ2v) is 7.00. The van der Waals surface area contributed by atoms with Crippen LogP contribution in [0.3, 0.4) is 0 Å². The summed E-state index contributed by atoms with van der Waals surface area (Å²) in [6.45, 7) is 8.65. The summed E-state index contributed by atoms with van der Waals surface area (Å²) in [7, 11) is 0. The van der Waals surface area contributed by atoms with E-state index in [0.29, 0.717) is 6.29 Å². The highest BCUT2D eigenvalue weighted by Gasteiger charge is 2.46.